The van der Waals surface area contributed by atoms with Crippen LogP contribution in [0.4, 0.5) is 5.69 Å². The van der Waals surface area contributed by atoms with Gasteiger partial charge in [0.05, 0.1) is 0 Å². The molecular formula is C8H7ClNO. The average molecular weight is 169 g/mol. The summed E-state index contributed by atoms with van der Waals surface area (Å²) in [5.74, 6) is 0. The number of carbonyl (C=O) groups excluding carboxylic acids is 1. The smallest absolute Gasteiger partial charge is 0.144 e. The van der Waals surface area contributed by atoms with E-state index in [0.29, 0.717) is 11.3 Å². The van der Waals surface area contributed by atoms with Crippen molar-refractivity contribution in [2.24, 2.45) is 0 Å². The van der Waals surface area contributed by atoms with Crippen LogP contribution in [0, 0.1) is 6.54 Å². The molecule has 2 nitrogen and oxygen atoms in total. The summed E-state index contributed by atoms with van der Waals surface area (Å²) in [6.45, 7) is 1.31. The van der Waals surface area contributed by atoms with Crippen molar-refractivity contribution in [2.45, 2.75) is 0 Å². The van der Waals surface area contributed by atoms with E-state index in [4.69, 9.17) is 11.6 Å². The molecule has 11 heavy (non-hydrogen) atoms. The second-order valence-electron chi connectivity index (χ2n) is 1.96. The van der Waals surface area contributed by atoms with Crippen molar-refractivity contribution in [2.75, 3.05) is 5.32 Å². The molecule has 0 aliphatic rings. The quantitative estimate of drug-likeness (QED) is 0.701. The van der Waals surface area contributed by atoms with E-state index in [1.54, 1.807) is 12.1 Å². The highest BCUT2D eigenvalue weighted by atomic mass is 35.5. The minimum Gasteiger partial charge on any atom is -0.373 e. The summed E-state index contributed by atoms with van der Waals surface area (Å²) in [4.78, 5) is 9.91. The Morgan fingerprint density at radius 1 is 1.45 bits per heavy atom. The Balaban J connectivity index is 2.63. The summed E-state index contributed by atoms with van der Waals surface area (Å²) in [6.07, 6.45) is 0.681. The highest BCUT2D eigenvalue weighted by molar-refractivity contribution is 6.30. The zero-order valence-corrected chi connectivity index (χ0v) is 6.51. The first-order valence-corrected chi connectivity index (χ1v) is 3.50. The fraction of sp³-hybridized carbons (Fsp3) is 0. The largest absolute Gasteiger partial charge is 0.373 e. The summed E-state index contributed by atoms with van der Waals surface area (Å²) >= 11 is 5.68. The average Bonchev–Trinajstić information content (AvgIpc) is 2.01. The van der Waals surface area contributed by atoms with Gasteiger partial charge >= 0.3 is 0 Å². The van der Waals surface area contributed by atoms with Crippen LogP contribution in [-0.2, 0) is 4.79 Å². The van der Waals surface area contributed by atoms with Gasteiger partial charge in [-0.2, -0.15) is 0 Å². The summed E-state index contributed by atoms with van der Waals surface area (Å²) in [7, 11) is 0. The number of aldehydes is 1. The summed E-state index contributed by atoms with van der Waals surface area (Å²) in [5.41, 5.74) is 0.810. The van der Waals surface area contributed by atoms with Crippen LogP contribution >= 0.6 is 11.6 Å². The number of carbonyl (C=O) groups is 1. The number of benzene rings is 1. The zero-order valence-electron chi connectivity index (χ0n) is 5.75. The Morgan fingerprint density at radius 3 is 2.91 bits per heavy atom. The Kier molecular flexibility index (Phi) is 2.93. The van der Waals surface area contributed by atoms with Crippen molar-refractivity contribution in [3.8, 4) is 0 Å². The van der Waals surface area contributed by atoms with Gasteiger partial charge in [0.2, 0.25) is 0 Å². The van der Waals surface area contributed by atoms with Crippen molar-refractivity contribution >= 4 is 23.6 Å². The molecule has 1 N–H and O–H groups in total. The number of rotatable bonds is 3. The molecule has 0 atom stereocenters. The molecule has 0 saturated carbocycles. The van der Waals surface area contributed by atoms with Crippen LogP contribution < -0.4 is 5.32 Å². The highest BCUT2D eigenvalue weighted by Crippen LogP contribution is 2.14. The fourth-order valence-corrected chi connectivity index (χ4v) is 0.899. The molecular weight excluding hydrogens is 162 g/mol. The minimum atomic E-state index is 0.647. The van der Waals surface area contributed by atoms with Gasteiger partial charge in [-0.3, -0.25) is 0 Å². The molecule has 0 amide bonds. The second-order valence-corrected chi connectivity index (χ2v) is 2.39. The summed E-state index contributed by atoms with van der Waals surface area (Å²) in [5, 5.41) is 3.41. The van der Waals surface area contributed by atoms with E-state index in [1.807, 2.05) is 12.1 Å². The monoisotopic (exact) mass is 168 g/mol. The predicted molar refractivity (Wildman–Crippen MR) is 45.4 cm³/mol. The number of hydrogen-bond acceptors (Lipinski definition) is 2. The Hall–Kier alpha value is -1.02. The lowest BCUT2D eigenvalue weighted by molar-refractivity contribution is -0.105. The number of anilines is 1. The highest BCUT2D eigenvalue weighted by Gasteiger charge is 1.90. The summed E-state index contributed by atoms with van der Waals surface area (Å²) in [6, 6.07) is 7.14. The molecule has 57 valence electrons. The SMILES string of the molecule is O=C[CH]Nc1cccc(Cl)c1. The normalized spacial score (nSPS) is 9.18. The van der Waals surface area contributed by atoms with Gasteiger partial charge in [-0.15, -0.1) is 0 Å². The van der Waals surface area contributed by atoms with Crippen LogP contribution in [0.1, 0.15) is 0 Å². The van der Waals surface area contributed by atoms with E-state index in [9.17, 15) is 4.79 Å². The zero-order chi connectivity index (χ0) is 8.10. The third kappa shape index (κ3) is 2.60. The molecule has 0 saturated heterocycles. The predicted octanol–water partition coefficient (Wildman–Crippen LogP) is 2.11. The van der Waals surface area contributed by atoms with Gasteiger partial charge in [0.25, 0.3) is 0 Å². The van der Waals surface area contributed by atoms with Gasteiger partial charge in [-0.1, -0.05) is 17.7 Å². The molecule has 0 spiro atoms. The fourth-order valence-electron chi connectivity index (χ4n) is 0.709. The van der Waals surface area contributed by atoms with Crippen LogP contribution in [0.15, 0.2) is 24.3 Å². The molecule has 0 aliphatic carbocycles. The first kappa shape index (κ1) is 8.08. The van der Waals surface area contributed by atoms with Crippen molar-refractivity contribution < 1.29 is 4.79 Å². The van der Waals surface area contributed by atoms with E-state index < -0.39 is 0 Å². The van der Waals surface area contributed by atoms with Crippen LogP contribution in [0.25, 0.3) is 0 Å². The molecule has 0 aliphatic heterocycles. The topological polar surface area (TPSA) is 29.1 Å². The molecule has 0 heterocycles. The number of nitrogens with one attached hydrogen (secondary N) is 1. The molecule has 1 aromatic rings. The number of halogens is 1. The molecule has 0 fully saturated rings. The molecule has 0 bridgehead atoms. The van der Waals surface area contributed by atoms with Gasteiger partial charge in [0.15, 0.2) is 0 Å². The number of hydrogen-bond donors (Lipinski definition) is 1. The Morgan fingerprint density at radius 2 is 2.27 bits per heavy atom. The Labute approximate surface area is 70.2 Å². The Bertz CT molecular complexity index is 250. The van der Waals surface area contributed by atoms with E-state index in [2.05, 4.69) is 5.32 Å². The first-order chi connectivity index (χ1) is 5.33. The van der Waals surface area contributed by atoms with Crippen molar-refractivity contribution in [1.82, 2.24) is 0 Å². The second kappa shape index (κ2) is 3.98. The van der Waals surface area contributed by atoms with E-state index in [1.165, 1.54) is 6.54 Å². The van der Waals surface area contributed by atoms with Gasteiger partial charge in [0, 0.05) is 10.7 Å². The standard InChI is InChI=1S/C8H7ClNO/c9-7-2-1-3-8(6-7)10-4-5-11/h1-6,10H. The third-order valence-electron chi connectivity index (χ3n) is 1.14. The van der Waals surface area contributed by atoms with Crippen LogP contribution in [0.2, 0.25) is 5.02 Å². The lowest BCUT2D eigenvalue weighted by Crippen LogP contribution is -1.94. The van der Waals surface area contributed by atoms with Crippen LogP contribution in [0.3, 0.4) is 0 Å². The molecule has 0 unspecified atom stereocenters. The molecule has 3 heteroatoms. The van der Waals surface area contributed by atoms with Crippen molar-refractivity contribution in [1.29, 1.82) is 0 Å². The first-order valence-electron chi connectivity index (χ1n) is 3.12. The third-order valence-corrected chi connectivity index (χ3v) is 1.38. The van der Waals surface area contributed by atoms with E-state index >= 15 is 0 Å². The maximum Gasteiger partial charge on any atom is 0.144 e. The summed E-state index contributed by atoms with van der Waals surface area (Å²) < 4.78 is 0. The molecule has 1 rings (SSSR count). The van der Waals surface area contributed by atoms with Gasteiger partial charge < -0.3 is 10.1 Å². The molecule has 1 radical (unpaired) electrons. The van der Waals surface area contributed by atoms with Crippen molar-refractivity contribution in [3.63, 3.8) is 0 Å². The maximum atomic E-state index is 9.91. The van der Waals surface area contributed by atoms with Crippen molar-refractivity contribution in [3.05, 3.63) is 35.8 Å². The van der Waals surface area contributed by atoms with Gasteiger partial charge in [0.1, 0.15) is 12.8 Å². The van der Waals surface area contributed by atoms with E-state index in [-0.39, 0.29) is 0 Å². The van der Waals surface area contributed by atoms with Gasteiger partial charge in [-0.25, -0.2) is 0 Å². The molecule has 1 aromatic carbocycles. The molecule has 0 aromatic heterocycles. The maximum absolute atomic E-state index is 9.91. The lowest BCUT2D eigenvalue weighted by Gasteiger charge is -2.00. The van der Waals surface area contributed by atoms with E-state index in [0.717, 1.165) is 5.69 Å². The minimum absolute atomic E-state index is 0.647. The van der Waals surface area contributed by atoms with Crippen LogP contribution in [-0.4, -0.2) is 6.29 Å². The van der Waals surface area contributed by atoms with Gasteiger partial charge in [-0.05, 0) is 18.2 Å². The van der Waals surface area contributed by atoms with Crippen LogP contribution in [0.5, 0.6) is 0 Å². The lowest BCUT2D eigenvalue weighted by atomic mass is 10.3.